The molecule has 6 heteroatoms. The number of ether oxygens (including phenoxy) is 1. The molecule has 0 aliphatic heterocycles. The van der Waals surface area contributed by atoms with Crippen LogP contribution in [0.5, 0.6) is 5.75 Å². The largest absolute Gasteiger partial charge is 0.483 e. The van der Waals surface area contributed by atoms with Crippen molar-refractivity contribution in [3.8, 4) is 5.75 Å². The number of nitro groups is 1. The Labute approximate surface area is 84.8 Å². The number of halogens is 1. The van der Waals surface area contributed by atoms with Gasteiger partial charge in [-0.3, -0.25) is 10.1 Å². The molecule has 0 unspecified atom stereocenters. The highest BCUT2D eigenvalue weighted by Gasteiger charge is 2.29. The zero-order chi connectivity index (χ0) is 10.1. The van der Waals surface area contributed by atoms with E-state index >= 15 is 0 Å². The summed E-state index contributed by atoms with van der Waals surface area (Å²) in [5, 5.41) is 10.5. The summed E-state index contributed by atoms with van der Waals surface area (Å²) in [7, 11) is 0. The molecule has 1 aliphatic carbocycles. The summed E-state index contributed by atoms with van der Waals surface area (Å²) >= 11 is 5.60. The second kappa shape index (κ2) is 3.42. The van der Waals surface area contributed by atoms with Gasteiger partial charge in [0.15, 0.2) is 0 Å². The summed E-state index contributed by atoms with van der Waals surface area (Å²) in [6.45, 7) is 0. The molecule has 0 aromatic carbocycles. The van der Waals surface area contributed by atoms with E-state index in [1.165, 1.54) is 12.3 Å². The van der Waals surface area contributed by atoms with E-state index in [4.69, 9.17) is 16.3 Å². The molecule has 0 spiro atoms. The SMILES string of the molecule is O=[N+]([O-])c1c(OC2CC2)ccnc1Cl. The molecule has 2 rings (SSSR count). The lowest BCUT2D eigenvalue weighted by molar-refractivity contribution is -0.386. The van der Waals surface area contributed by atoms with Crippen LogP contribution in [0.1, 0.15) is 12.8 Å². The predicted molar refractivity (Wildman–Crippen MR) is 49.6 cm³/mol. The second-order valence-corrected chi connectivity index (χ2v) is 3.38. The van der Waals surface area contributed by atoms with Gasteiger partial charge in [-0.1, -0.05) is 11.6 Å². The Hall–Kier alpha value is -1.36. The number of hydrogen-bond acceptors (Lipinski definition) is 4. The standard InChI is InChI=1S/C8H7ClN2O3/c9-8-7(11(12)13)6(3-4-10-8)14-5-1-2-5/h3-5H,1-2H2. The first kappa shape index (κ1) is 9.21. The highest BCUT2D eigenvalue weighted by Crippen LogP contribution is 2.36. The van der Waals surface area contributed by atoms with Gasteiger partial charge < -0.3 is 4.74 Å². The van der Waals surface area contributed by atoms with E-state index in [-0.39, 0.29) is 22.7 Å². The molecule has 1 heterocycles. The Balaban J connectivity index is 2.35. The first-order valence-electron chi connectivity index (χ1n) is 4.14. The fraction of sp³-hybridized carbons (Fsp3) is 0.375. The van der Waals surface area contributed by atoms with Gasteiger partial charge in [0, 0.05) is 12.3 Å². The third-order valence-corrected chi connectivity index (χ3v) is 2.12. The van der Waals surface area contributed by atoms with Crippen LogP contribution in [0, 0.1) is 10.1 Å². The number of hydrogen-bond donors (Lipinski definition) is 0. The molecule has 74 valence electrons. The monoisotopic (exact) mass is 214 g/mol. The highest BCUT2D eigenvalue weighted by atomic mass is 35.5. The molecule has 1 aliphatic rings. The number of pyridine rings is 1. The van der Waals surface area contributed by atoms with Crippen molar-refractivity contribution in [1.29, 1.82) is 0 Å². The maximum atomic E-state index is 10.6. The first-order valence-corrected chi connectivity index (χ1v) is 4.52. The zero-order valence-corrected chi connectivity index (χ0v) is 7.90. The van der Waals surface area contributed by atoms with Crippen LogP contribution in [0.2, 0.25) is 5.15 Å². The van der Waals surface area contributed by atoms with E-state index in [0.717, 1.165) is 12.8 Å². The van der Waals surface area contributed by atoms with Crippen LogP contribution < -0.4 is 4.74 Å². The van der Waals surface area contributed by atoms with Crippen LogP contribution >= 0.6 is 11.6 Å². The maximum Gasteiger partial charge on any atom is 0.347 e. The lowest BCUT2D eigenvalue weighted by atomic mass is 10.4. The normalized spacial score (nSPS) is 15.2. The summed E-state index contributed by atoms with van der Waals surface area (Å²) in [5.74, 6) is 0.206. The maximum absolute atomic E-state index is 10.6. The smallest absolute Gasteiger partial charge is 0.347 e. The fourth-order valence-electron chi connectivity index (χ4n) is 1.04. The minimum atomic E-state index is -0.576. The van der Waals surface area contributed by atoms with Gasteiger partial charge in [-0.25, -0.2) is 4.98 Å². The van der Waals surface area contributed by atoms with Crippen molar-refractivity contribution >= 4 is 17.3 Å². The Kier molecular flexibility index (Phi) is 2.25. The molecule has 0 bridgehead atoms. The van der Waals surface area contributed by atoms with Crippen LogP contribution in [0.15, 0.2) is 12.3 Å². The summed E-state index contributed by atoms with van der Waals surface area (Å²) in [5.41, 5.74) is -0.249. The third-order valence-electron chi connectivity index (χ3n) is 1.84. The average Bonchev–Trinajstić information content (AvgIpc) is 2.87. The van der Waals surface area contributed by atoms with Crippen molar-refractivity contribution in [3.05, 3.63) is 27.5 Å². The Morgan fingerprint density at radius 3 is 2.93 bits per heavy atom. The lowest BCUT2D eigenvalue weighted by Crippen LogP contribution is -2.01. The molecule has 1 saturated carbocycles. The van der Waals surface area contributed by atoms with E-state index in [1.54, 1.807) is 0 Å². The van der Waals surface area contributed by atoms with Crippen molar-refractivity contribution in [2.45, 2.75) is 18.9 Å². The van der Waals surface area contributed by atoms with Crippen LogP contribution in [-0.2, 0) is 0 Å². The molecule has 14 heavy (non-hydrogen) atoms. The summed E-state index contributed by atoms with van der Waals surface area (Å²) < 4.78 is 5.33. The van der Waals surface area contributed by atoms with Crippen LogP contribution in [0.25, 0.3) is 0 Å². The van der Waals surface area contributed by atoms with Crippen molar-refractivity contribution in [1.82, 2.24) is 4.98 Å². The van der Waals surface area contributed by atoms with E-state index in [2.05, 4.69) is 4.98 Å². The zero-order valence-electron chi connectivity index (χ0n) is 7.14. The molecule has 1 aromatic heterocycles. The van der Waals surface area contributed by atoms with Crippen LogP contribution in [-0.4, -0.2) is 16.0 Å². The molecule has 0 radical (unpaired) electrons. The molecular weight excluding hydrogens is 208 g/mol. The molecular formula is C8H7ClN2O3. The molecule has 0 saturated heterocycles. The van der Waals surface area contributed by atoms with E-state index in [0.29, 0.717) is 0 Å². The van der Waals surface area contributed by atoms with Crippen LogP contribution in [0.4, 0.5) is 5.69 Å². The van der Waals surface area contributed by atoms with Gasteiger partial charge in [0.1, 0.15) is 0 Å². The Bertz CT molecular complexity index is 379. The van der Waals surface area contributed by atoms with Crippen molar-refractivity contribution in [2.24, 2.45) is 0 Å². The third kappa shape index (κ3) is 1.77. The second-order valence-electron chi connectivity index (χ2n) is 3.02. The Morgan fingerprint density at radius 2 is 2.36 bits per heavy atom. The van der Waals surface area contributed by atoms with Crippen molar-refractivity contribution in [3.63, 3.8) is 0 Å². The van der Waals surface area contributed by atoms with Gasteiger partial charge in [0.05, 0.1) is 11.0 Å². The highest BCUT2D eigenvalue weighted by molar-refractivity contribution is 6.31. The van der Waals surface area contributed by atoms with E-state index in [9.17, 15) is 10.1 Å². The number of nitrogens with zero attached hydrogens (tertiary/aromatic N) is 2. The molecule has 1 aromatic rings. The molecule has 0 atom stereocenters. The predicted octanol–water partition coefficient (Wildman–Crippen LogP) is 2.18. The van der Waals surface area contributed by atoms with Gasteiger partial charge in [0.2, 0.25) is 10.9 Å². The van der Waals surface area contributed by atoms with E-state index in [1.807, 2.05) is 0 Å². The molecule has 0 N–H and O–H groups in total. The van der Waals surface area contributed by atoms with Crippen molar-refractivity contribution < 1.29 is 9.66 Å². The minimum absolute atomic E-state index is 0.104. The summed E-state index contributed by atoms with van der Waals surface area (Å²) in [6.07, 6.45) is 3.38. The van der Waals surface area contributed by atoms with Crippen LogP contribution in [0.3, 0.4) is 0 Å². The van der Waals surface area contributed by atoms with Gasteiger partial charge in [-0.05, 0) is 12.8 Å². The quantitative estimate of drug-likeness (QED) is 0.440. The topological polar surface area (TPSA) is 65.3 Å². The molecule has 0 amide bonds. The number of rotatable bonds is 3. The van der Waals surface area contributed by atoms with Gasteiger partial charge in [-0.15, -0.1) is 0 Å². The van der Waals surface area contributed by atoms with E-state index < -0.39 is 4.92 Å². The van der Waals surface area contributed by atoms with Gasteiger partial charge >= 0.3 is 5.69 Å². The minimum Gasteiger partial charge on any atom is -0.483 e. The Morgan fingerprint density at radius 1 is 1.64 bits per heavy atom. The summed E-state index contributed by atoms with van der Waals surface area (Å²) in [6, 6.07) is 1.46. The van der Waals surface area contributed by atoms with Gasteiger partial charge in [0.25, 0.3) is 0 Å². The first-order chi connectivity index (χ1) is 6.68. The van der Waals surface area contributed by atoms with Crippen molar-refractivity contribution in [2.75, 3.05) is 0 Å². The summed E-state index contributed by atoms with van der Waals surface area (Å²) in [4.78, 5) is 13.7. The number of aromatic nitrogens is 1. The lowest BCUT2D eigenvalue weighted by Gasteiger charge is -2.04. The average molecular weight is 215 g/mol. The molecule has 1 fully saturated rings. The molecule has 5 nitrogen and oxygen atoms in total. The fourth-order valence-corrected chi connectivity index (χ4v) is 1.26. The van der Waals surface area contributed by atoms with Gasteiger partial charge in [-0.2, -0.15) is 0 Å².